The number of hydrogen-bond acceptors (Lipinski definition) is 9. The zero-order valence-electron chi connectivity index (χ0n) is 13.9. The van der Waals surface area contributed by atoms with Gasteiger partial charge in [-0.2, -0.15) is 0 Å². The predicted octanol–water partition coefficient (Wildman–Crippen LogP) is 0.762. The summed E-state index contributed by atoms with van der Waals surface area (Å²) in [5.74, 6) is -3.21. The van der Waals surface area contributed by atoms with Crippen molar-refractivity contribution in [2.24, 2.45) is 0 Å². The summed E-state index contributed by atoms with van der Waals surface area (Å²) in [4.78, 5) is 45.1. The number of rotatable bonds is 5. The Balaban J connectivity index is 3.26. The second-order valence-electron chi connectivity index (χ2n) is 5.21. The Morgan fingerprint density at radius 2 is 1.40 bits per heavy atom. The highest BCUT2D eigenvalue weighted by Crippen LogP contribution is 2.40. The Morgan fingerprint density at radius 1 is 0.920 bits per heavy atom. The van der Waals surface area contributed by atoms with E-state index in [1.165, 1.54) is 0 Å². The number of hydrogen-bond donors (Lipinski definition) is 0. The van der Waals surface area contributed by atoms with Crippen LogP contribution in [0.2, 0.25) is 0 Å². The Kier molecular flexibility index (Phi) is 7.29. The molecule has 25 heavy (non-hydrogen) atoms. The van der Waals surface area contributed by atoms with Crippen molar-refractivity contribution in [1.82, 2.24) is 0 Å². The number of carbonyl (C=O) groups is 4. The van der Waals surface area contributed by atoms with Crippen molar-refractivity contribution >= 4 is 39.8 Å². The molecule has 1 fully saturated rings. The lowest BCUT2D eigenvalue weighted by Crippen LogP contribution is -2.65. The fourth-order valence-corrected chi connectivity index (χ4v) is 2.82. The summed E-state index contributed by atoms with van der Waals surface area (Å²) in [5.41, 5.74) is 0. The van der Waals surface area contributed by atoms with Crippen LogP contribution in [0.5, 0.6) is 0 Å². The minimum atomic E-state index is -2.25. The average Bonchev–Trinajstić information content (AvgIpc) is 2.44. The van der Waals surface area contributed by atoms with Gasteiger partial charge in [-0.05, 0) is 15.9 Å². The number of ether oxygens (including phenoxy) is 5. The molecule has 0 aromatic rings. The Labute approximate surface area is 151 Å². The molecule has 11 heteroatoms. The fourth-order valence-electron chi connectivity index (χ4n) is 2.17. The second-order valence-corrected chi connectivity index (χ2v) is 6.56. The van der Waals surface area contributed by atoms with Crippen molar-refractivity contribution in [3.8, 4) is 0 Å². The van der Waals surface area contributed by atoms with Gasteiger partial charge >= 0.3 is 23.9 Å². The van der Waals surface area contributed by atoms with Crippen molar-refractivity contribution in [2.45, 2.75) is 56.9 Å². The topological polar surface area (TPSA) is 114 Å². The number of carbonyl (C=O) groups excluding carboxylic acids is 4. The van der Waals surface area contributed by atoms with Crippen molar-refractivity contribution in [3.63, 3.8) is 0 Å². The van der Waals surface area contributed by atoms with Crippen LogP contribution in [0, 0.1) is 0 Å². The summed E-state index contributed by atoms with van der Waals surface area (Å²) in [6.45, 7) is 3.67. The monoisotopic (exact) mass is 428 g/mol. The number of halogens is 2. The molecule has 0 bridgehead atoms. The highest BCUT2D eigenvalue weighted by Gasteiger charge is 2.60. The van der Waals surface area contributed by atoms with Gasteiger partial charge in [0.05, 0.1) is 0 Å². The van der Waals surface area contributed by atoms with Gasteiger partial charge in [-0.25, -0.2) is 4.39 Å². The molecule has 0 spiro atoms. The van der Waals surface area contributed by atoms with Crippen LogP contribution in [-0.2, 0) is 42.9 Å². The van der Waals surface area contributed by atoms with Gasteiger partial charge in [-0.3, -0.25) is 19.2 Å². The smallest absolute Gasteiger partial charge is 0.303 e. The molecule has 1 aliphatic rings. The van der Waals surface area contributed by atoms with Gasteiger partial charge in [-0.15, -0.1) is 0 Å². The molecule has 5 atom stereocenters. The van der Waals surface area contributed by atoms with Gasteiger partial charge in [-0.1, -0.05) is 0 Å². The third kappa shape index (κ3) is 5.92. The quantitative estimate of drug-likeness (QED) is 0.355. The first-order chi connectivity index (χ1) is 11.5. The molecule has 1 heterocycles. The Hall–Kier alpha value is -1.75. The van der Waals surface area contributed by atoms with E-state index in [0.717, 1.165) is 27.7 Å². The van der Waals surface area contributed by atoms with E-state index >= 15 is 0 Å². The van der Waals surface area contributed by atoms with E-state index in [1.54, 1.807) is 0 Å². The van der Waals surface area contributed by atoms with Crippen LogP contribution in [0.25, 0.3) is 0 Å². The molecule has 142 valence electrons. The first kappa shape index (κ1) is 21.3. The van der Waals surface area contributed by atoms with Crippen LogP contribution in [0.1, 0.15) is 27.7 Å². The normalized spacial score (nSPS) is 31.6. The summed E-state index contributed by atoms with van der Waals surface area (Å²) >= 11 is 3.04. The first-order valence-electron chi connectivity index (χ1n) is 7.12. The lowest BCUT2D eigenvalue weighted by molar-refractivity contribution is -0.285. The van der Waals surface area contributed by atoms with E-state index in [0.29, 0.717) is 0 Å². The summed E-state index contributed by atoms with van der Waals surface area (Å²) in [7, 11) is 0. The molecular formula is C14H18BrFO9. The van der Waals surface area contributed by atoms with Crippen LogP contribution >= 0.6 is 15.9 Å². The summed E-state index contributed by atoms with van der Waals surface area (Å²) in [6, 6.07) is 0. The van der Waals surface area contributed by atoms with Gasteiger partial charge < -0.3 is 23.7 Å². The van der Waals surface area contributed by atoms with Crippen LogP contribution < -0.4 is 0 Å². The predicted molar refractivity (Wildman–Crippen MR) is 80.9 cm³/mol. The van der Waals surface area contributed by atoms with Crippen LogP contribution in [0.15, 0.2) is 0 Å². The van der Waals surface area contributed by atoms with E-state index in [1.807, 2.05) is 0 Å². The molecule has 0 radical (unpaired) electrons. The van der Waals surface area contributed by atoms with E-state index in [-0.39, 0.29) is 0 Å². The summed E-state index contributed by atoms with van der Waals surface area (Å²) < 4.78 is 37.4. The lowest BCUT2D eigenvalue weighted by Gasteiger charge is -2.46. The van der Waals surface area contributed by atoms with Gasteiger partial charge in [0.25, 0.3) is 0 Å². The van der Waals surface area contributed by atoms with Crippen molar-refractivity contribution < 1.29 is 47.3 Å². The van der Waals surface area contributed by atoms with Crippen molar-refractivity contribution in [2.75, 3.05) is 6.61 Å². The highest BCUT2D eigenvalue weighted by atomic mass is 79.9. The maximum absolute atomic E-state index is 14.4. The van der Waals surface area contributed by atoms with E-state index < -0.39 is 59.7 Å². The zero-order chi connectivity index (χ0) is 19.4. The van der Waals surface area contributed by atoms with Crippen LogP contribution in [0.4, 0.5) is 4.39 Å². The molecule has 1 saturated heterocycles. The Morgan fingerprint density at radius 3 is 1.84 bits per heavy atom. The number of esters is 4. The molecule has 0 aliphatic carbocycles. The third-order valence-corrected chi connectivity index (χ3v) is 3.85. The Bertz CT molecular complexity index is 554. The minimum absolute atomic E-state index is 0.564. The summed E-state index contributed by atoms with van der Waals surface area (Å²) in [5, 5.41) is 0. The third-order valence-electron chi connectivity index (χ3n) is 2.98. The average molecular weight is 429 g/mol. The van der Waals surface area contributed by atoms with E-state index in [4.69, 9.17) is 23.7 Å². The molecule has 1 rings (SSSR count). The lowest BCUT2D eigenvalue weighted by atomic mass is 9.98. The molecule has 1 aliphatic heterocycles. The first-order valence-corrected chi connectivity index (χ1v) is 7.91. The molecule has 0 unspecified atom stereocenters. The van der Waals surface area contributed by atoms with Crippen molar-refractivity contribution in [3.05, 3.63) is 0 Å². The molecule has 9 nitrogen and oxygen atoms in total. The maximum Gasteiger partial charge on any atom is 0.303 e. The number of alkyl halides is 2. The second kappa shape index (κ2) is 8.56. The van der Waals surface area contributed by atoms with Gasteiger partial charge in [0.1, 0.15) is 6.61 Å². The molecule has 0 saturated carbocycles. The minimum Gasteiger partial charge on any atom is -0.462 e. The molecule has 0 aromatic heterocycles. The van der Waals surface area contributed by atoms with Gasteiger partial charge in [0.15, 0.2) is 18.3 Å². The molecule has 0 amide bonds. The van der Waals surface area contributed by atoms with E-state index in [9.17, 15) is 23.6 Å². The van der Waals surface area contributed by atoms with Crippen LogP contribution in [-0.4, -0.2) is 59.7 Å². The van der Waals surface area contributed by atoms with Crippen LogP contribution in [0.3, 0.4) is 0 Å². The maximum atomic E-state index is 14.4. The summed E-state index contributed by atoms with van der Waals surface area (Å²) in [6.07, 6.45) is -6.95. The largest absolute Gasteiger partial charge is 0.462 e. The van der Waals surface area contributed by atoms with E-state index in [2.05, 4.69) is 15.9 Å². The zero-order valence-corrected chi connectivity index (χ0v) is 15.5. The molecule has 0 aromatic carbocycles. The standard InChI is InChI=1S/C14H18BrFO9/c1-6(17)21-5-14(15)12(24-9(4)20)10(22-7(2)18)11(13(16)25-14)23-8(3)19/h10-13H,5H2,1-4H3/t10-,11-,12+,13+,14-/m1/s1. The van der Waals surface area contributed by atoms with Gasteiger partial charge in [0.2, 0.25) is 10.9 Å². The van der Waals surface area contributed by atoms with Gasteiger partial charge in [0, 0.05) is 27.7 Å². The van der Waals surface area contributed by atoms with Crippen molar-refractivity contribution in [1.29, 1.82) is 0 Å². The highest BCUT2D eigenvalue weighted by molar-refractivity contribution is 9.10. The molecule has 0 N–H and O–H groups in total. The fraction of sp³-hybridized carbons (Fsp3) is 0.714. The SMILES string of the molecule is CC(=O)OC[C@@]1(Br)O[C@H](F)[C@H](OC(C)=O)[C@@H](OC(C)=O)[C@@H]1OC(C)=O. The molecular weight excluding hydrogens is 411 g/mol.